The number of pyridine rings is 1. The molecule has 0 spiro atoms. The van der Waals surface area contributed by atoms with E-state index in [0.717, 1.165) is 24.6 Å². The first-order valence-electron chi connectivity index (χ1n) is 4.98. The van der Waals surface area contributed by atoms with Crippen molar-refractivity contribution in [3.8, 4) is 0 Å². The summed E-state index contributed by atoms with van der Waals surface area (Å²) in [6, 6.07) is 3.92. The van der Waals surface area contributed by atoms with E-state index in [4.69, 9.17) is 0 Å². The molecule has 4 heteroatoms. The third-order valence-electron chi connectivity index (χ3n) is 2.29. The summed E-state index contributed by atoms with van der Waals surface area (Å²) < 4.78 is 2.12. The third kappa shape index (κ3) is 2.56. The van der Waals surface area contributed by atoms with E-state index in [-0.39, 0.29) is 0 Å². The fourth-order valence-corrected chi connectivity index (χ4v) is 1.43. The number of aromatic nitrogens is 3. The lowest BCUT2D eigenvalue weighted by Gasteiger charge is -2.07. The number of imidazole rings is 1. The average molecular weight is 202 g/mol. The summed E-state index contributed by atoms with van der Waals surface area (Å²) in [6.45, 7) is 3.82. The van der Waals surface area contributed by atoms with Crippen LogP contribution in [0.4, 0.5) is 5.69 Å². The summed E-state index contributed by atoms with van der Waals surface area (Å²) in [5, 5.41) is 3.32. The maximum Gasteiger partial charge on any atom is 0.105 e. The summed E-state index contributed by atoms with van der Waals surface area (Å²) >= 11 is 0. The average Bonchev–Trinajstić information content (AvgIpc) is 2.66. The molecular weight excluding hydrogens is 188 g/mol. The molecule has 2 aromatic rings. The van der Waals surface area contributed by atoms with Crippen molar-refractivity contribution < 1.29 is 0 Å². The minimum absolute atomic E-state index is 0.890. The van der Waals surface area contributed by atoms with Crippen LogP contribution in [0.25, 0.3) is 0 Å². The van der Waals surface area contributed by atoms with Crippen molar-refractivity contribution >= 4 is 5.69 Å². The van der Waals surface area contributed by atoms with E-state index in [1.54, 1.807) is 12.4 Å². The predicted octanol–water partition coefficient (Wildman–Crippen LogP) is 1.70. The van der Waals surface area contributed by atoms with Crippen LogP contribution >= 0.6 is 0 Å². The van der Waals surface area contributed by atoms with Crippen LogP contribution in [0.1, 0.15) is 5.82 Å². The van der Waals surface area contributed by atoms with Crippen LogP contribution < -0.4 is 5.32 Å². The number of hydrogen-bond acceptors (Lipinski definition) is 3. The largest absolute Gasteiger partial charge is 0.383 e. The molecule has 0 unspecified atom stereocenters. The lowest BCUT2D eigenvalue weighted by Crippen LogP contribution is -2.10. The van der Waals surface area contributed by atoms with Crippen LogP contribution in [0.5, 0.6) is 0 Å². The summed E-state index contributed by atoms with van der Waals surface area (Å²) in [4.78, 5) is 8.13. The van der Waals surface area contributed by atoms with Gasteiger partial charge in [0.1, 0.15) is 5.82 Å². The van der Waals surface area contributed by atoms with E-state index < -0.39 is 0 Å². The maximum atomic E-state index is 4.17. The summed E-state index contributed by atoms with van der Waals surface area (Å²) in [7, 11) is 0. The van der Waals surface area contributed by atoms with Crippen LogP contribution in [0, 0.1) is 6.92 Å². The molecule has 0 aromatic carbocycles. The molecule has 0 aliphatic carbocycles. The second-order valence-electron chi connectivity index (χ2n) is 3.33. The van der Waals surface area contributed by atoms with Crippen LogP contribution in [-0.4, -0.2) is 21.1 Å². The van der Waals surface area contributed by atoms with Gasteiger partial charge in [-0.3, -0.25) is 4.98 Å². The van der Waals surface area contributed by atoms with E-state index >= 15 is 0 Å². The molecule has 0 saturated carbocycles. The fourth-order valence-electron chi connectivity index (χ4n) is 1.43. The summed E-state index contributed by atoms with van der Waals surface area (Å²) in [5.74, 6) is 1.05. The molecule has 2 aromatic heterocycles. The Morgan fingerprint density at radius 3 is 2.73 bits per heavy atom. The number of rotatable bonds is 4. The number of hydrogen-bond donors (Lipinski definition) is 1. The van der Waals surface area contributed by atoms with Gasteiger partial charge in [-0.25, -0.2) is 4.98 Å². The van der Waals surface area contributed by atoms with Crippen molar-refractivity contribution in [3.63, 3.8) is 0 Å². The second-order valence-corrected chi connectivity index (χ2v) is 3.33. The maximum absolute atomic E-state index is 4.17. The van der Waals surface area contributed by atoms with Gasteiger partial charge in [0, 0.05) is 43.6 Å². The van der Waals surface area contributed by atoms with Gasteiger partial charge in [0.05, 0.1) is 0 Å². The number of anilines is 1. The highest BCUT2D eigenvalue weighted by molar-refractivity contribution is 5.40. The molecule has 0 fully saturated rings. The zero-order valence-electron chi connectivity index (χ0n) is 8.72. The Kier molecular flexibility index (Phi) is 2.97. The molecule has 1 N–H and O–H groups in total. The molecule has 78 valence electrons. The van der Waals surface area contributed by atoms with Crippen LogP contribution in [-0.2, 0) is 6.54 Å². The topological polar surface area (TPSA) is 42.7 Å². The second kappa shape index (κ2) is 4.59. The molecule has 0 amide bonds. The molecule has 2 rings (SSSR count). The highest BCUT2D eigenvalue weighted by atomic mass is 15.1. The Balaban J connectivity index is 1.83. The minimum atomic E-state index is 0.890. The molecule has 0 atom stereocenters. The predicted molar refractivity (Wildman–Crippen MR) is 59.7 cm³/mol. The fraction of sp³-hybridized carbons (Fsp3) is 0.273. The summed E-state index contributed by atoms with van der Waals surface area (Å²) in [5.41, 5.74) is 1.10. The lowest BCUT2D eigenvalue weighted by molar-refractivity contribution is 0.701. The standard InChI is InChI=1S/C11H14N4/c1-10-13-6-8-15(10)9-7-14-11-2-4-12-5-3-11/h2-6,8H,7,9H2,1H3,(H,12,14). The Bertz CT molecular complexity index is 408. The van der Waals surface area contributed by atoms with Crippen molar-refractivity contribution in [1.29, 1.82) is 0 Å². The Morgan fingerprint density at radius 1 is 1.27 bits per heavy atom. The van der Waals surface area contributed by atoms with Crippen LogP contribution in [0.2, 0.25) is 0 Å². The van der Waals surface area contributed by atoms with Gasteiger partial charge in [-0.1, -0.05) is 0 Å². The summed E-state index contributed by atoms with van der Waals surface area (Å²) in [6.07, 6.45) is 7.38. The van der Waals surface area contributed by atoms with E-state index in [1.807, 2.05) is 31.5 Å². The van der Waals surface area contributed by atoms with Crippen molar-refractivity contribution in [2.24, 2.45) is 0 Å². The Hall–Kier alpha value is -1.84. The van der Waals surface area contributed by atoms with Gasteiger partial charge in [0.25, 0.3) is 0 Å². The number of nitrogens with zero attached hydrogens (tertiary/aromatic N) is 3. The lowest BCUT2D eigenvalue weighted by atomic mass is 10.4. The molecule has 0 bridgehead atoms. The number of nitrogens with one attached hydrogen (secondary N) is 1. The molecule has 0 aliphatic heterocycles. The molecule has 15 heavy (non-hydrogen) atoms. The highest BCUT2D eigenvalue weighted by Gasteiger charge is 1.95. The van der Waals surface area contributed by atoms with Gasteiger partial charge in [-0.2, -0.15) is 0 Å². The van der Waals surface area contributed by atoms with Gasteiger partial charge in [0.2, 0.25) is 0 Å². The highest BCUT2D eigenvalue weighted by Crippen LogP contribution is 2.02. The quantitative estimate of drug-likeness (QED) is 0.820. The number of aryl methyl sites for hydroxylation is 1. The van der Waals surface area contributed by atoms with E-state index in [0.29, 0.717) is 0 Å². The van der Waals surface area contributed by atoms with Gasteiger partial charge < -0.3 is 9.88 Å². The molecule has 4 nitrogen and oxygen atoms in total. The van der Waals surface area contributed by atoms with Crippen LogP contribution in [0.15, 0.2) is 36.9 Å². The van der Waals surface area contributed by atoms with E-state index in [9.17, 15) is 0 Å². The van der Waals surface area contributed by atoms with E-state index in [2.05, 4.69) is 19.9 Å². The zero-order valence-corrected chi connectivity index (χ0v) is 8.72. The van der Waals surface area contributed by atoms with Crippen molar-refractivity contribution in [1.82, 2.24) is 14.5 Å². The van der Waals surface area contributed by atoms with Gasteiger partial charge in [-0.05, 0) is 19.1 Å². The van der Waals surface area contributed by atoms with Gasteiger partial charge in [-0.15, -0.1) is 0 Å². The first kappa shape index (κ1) is 9.71. The first-order valence-corrected chi connectivity index (χ1v) is 4.98. The molecular formula is C11H14N4. The van der Waals surface area contributed by atoms with E-state index in [1.165, 1.54) is 0 Å². The molecule has 0 saturated heterocycles. The molecule has 0 aliphatic rings. The molecule has 2 heterocycles. The van der Waals surface area contributed by atoms with Crippen molar-refractivity contribution in [2.45, 2.75) is 13.5 Å². The SMILES string of the molecule is Cc1nccn1CCNc1ccncc1. The van der Waals surface area contributed by atoms with Crippen molar-refractivity contribution in [2.75, 3.05) is 11.9 Å². The van der Waals surface area contributed by atoms with Crippen molar-refractivity contribution in [3.05, 3.63) is 42.7 Å². The minimum Gasteiger partial charge on any atom is -0.383 e. The van der Waals surface area contributed by atoms with Crippen LogP contribution in [0.3, 0.4) is 0 Å². The Morgan fingerprint density at radius 2 is 2.07 bits per heavy atom. The monoisotopic (exact) mass is 202 g/mol. The first-order chi connectivity index (χ1) is 7.36. The third-order valence-corrected chi connectivity index (χ3v) is 2.29. The smallest absolute Gasteiger partial charge is 0.105 e. The Labute approximate surface area is 89.0 Å². The normalized spacial score (nSPS) is 10.2. The van der Waals surface area contributed by atoms with Gasteiger partial charge in [0.15, 0.2) is 0 Å². The zero-order chi connectivity index (χ0) is 10.5. The van der Waals surface area contributed by atoms with Gasteiger partial charge >= 0.3 is 0 Å². The molecule has 0 radical (unpaired) electrons.